The van der Waals surface area contributed by atoms with Crippen LogP contribution in [-0.4, -0.2) is 25.6 Å². The summed E-state index contributed by atoms with van der Waals surface area (Å²) in [4.78, 5) is 12.2. The number of nitrogens with zero attached hydrogens (tertiary/aromatic N) is 4. The van der Waals surface area contributed by atoms with Crippen molar-refractivity contribution in [2.75, 3.05) is 5.32 Å². The van der Waals surface area contributed by atoms with Crippen molar-refractivity contribution in [1.82, 2.24) is 19.6 Å². The van der Waals surface area contributed by atoms with Crippen LogP contribution in [0.2, 0.25) is 5.02 Å². The Morgan fingerprint density at radius 2 is 2.19 bits per heavy atom. The van der Waals surface area contributed by atoms with Crippen LogP contribution in [0.3, 0.4) is 0 Å². The molecule has 112 valence electrons. The summed E-state index contributed by atoms with van der Waals surface area (Å²) in [5.41, 5.74) is 2.23. The molecule has 0 atom stereocenters. The van der Waals surface area contributed by atoms with Crippen LogP contribution in [0, 0.1) is 6.92 Å². The van der Waals surface area contributed by atoms with Gasteiger partial charge >= 0.3 is 0 Å². The van der Waals surface area contributed by atoms with E-state index in [1.54, 1.807) is 12.3 Å². The van der Waals surface area contributed by atoms with Crippen molar-refractivity contribution in [3.63, 3.8) is 0 Å². The summed E-state index contributed by atoms with van der Waals surface area (Å²) >= 11 is 6.26. The van der Waals surface area contributed by atoms with Gasteiger partial charge in [0.2, 0.25) is 0 Å². The quantitative estimate of drug-likeness (QED) is 0.918. The average molecular weight is 308 g/mol. The molecule has 3 rings (SSSR count). The molecule has 1 fully saturated rings. The molecule has 1 saturated carbocycles. The van der Waals surface area contributed by atoms with Crippen molar-refractivity contribution in [3.05, 3.63) is 39.0 Å². The van der Waals surface area contributed by atoms with Gasteiger partial charge in [-0.05, 0) is 26.7 Å². The lowest BCUT2D eigenvalue weighted by molar-refractivity contribution is 0.559. The van der Waals surface area contributed by atoms with E-state index in [1.807, 2.05) is 18.5 Å². The van der Waals surface area contributed by atoms with Gasteiger partial charge in [0.25, 0.3) is 5.56 Å². The topological polar surface area (TPSA) is 64.7 Å². The summed E-state index contributed by atoms with van der Waals surface area (Å²) in [6, 6.07) is 2.08. The van der Waals surface area contributed by atoms with Crippen LogP contribution in [0.4, 0.5) is 5.69 Å². The summed E-state index contributed by atoms with van der Waals surface area (Å²) in [6.45, 7) is 4.89. The minimum absolute atomic E-state index is 0.141. The summed E-state index contributed by atoms with van der Waals surface area (Å²) in [7, 11) is 0. The second-order valence-electron chi connectivity index (χ2n) is 5.32. The third-order valence-corrected chi connectivity index (χ3v) is 4.06. The molecule has 0 aliphatic heterocycles. The molecular weight excluding hydrogens is 290 g/mol. The van der Waals surface area contributed by atoms with Gasteiger partial charge in [-0.25, -0.2) is 4.68 Å². The van der Waals surface area contributed by atoms with E-state index in [0.717, 1.165) is 29.9 Å². The van der Waals surface area contributed by atoms with Crippen LogP contribution in [-0.2, 0) is 13.1 Å². The van der Waals surface area contributed by atoms with Crippen LogP contribution in [0.1, 0.15) is 31.2 Å². The first-order chi connectivity index (χ1) is 10.1. The van der Waals surface area contributed by atoms with Gasteiger partial charge < -0.3 is 5.32 Å². The van der Waals surface area contributed by atoms with Crippen molar-refractivity contribution in [3.8, 4) is 0 Å². The predicted molar refractivity (Wildman–Crippen MR) is 81.9 cm³/mol. The summed E-state index contributed by atoms with van der Waals surface area (Å²) in [6.07, 6.45) is 4.01. The van der Waals surface area contributed by atoms with Crippen LogP contribution < -0.4 is 10.9 Å². The smallest absolute Gasteiger partial charge is 0.269 e. The molecule has 0 aromatic carbocycles. The fourth-order valence-electron chi connectivity index (χ4n) is 2.26. The lowest BCUT2D eigenvalue weighted by Crippen LogP contribution is -2.24. The minimum Gasteiger partial charge on any atom is -0.381 e. The zero-order valence-corrected chi connectivity index (χ0v) is 12.9. The Labute approximate surface area is 127 Å². The molecule has 0 amide bonds. The van der Waals surface area contributed by atoms with E-state index < -0.39 is 0 Å². The second kappa shape index (κ2) is 5.52. The molecule has 2 aromatic heterocycles. The van der Waals surface area contributed by atoms with E-state index in [2.05, 4.69) is 15.5 Å². The highest BCUT2D eigenvalue weighted by Gasteiger charge is 2.21. The van der Waals surface area contributed by atoms with Gasteiger partial charge in [-0.2, -0.15) is 10.2 Å². The van der Waals surface area contributed by atoms with Crippen molar-refractivity contribution >= 4 is 17.3 Å². The zero-order valence-electron chi connectivity index (χ0n) is 12.1. The molecule has 2 heterocycles. The predicted octanol–water partition coefficient (Wildman–Crippen LogP) is 2.04. The Balaban J connectivity index is 1.86. The Kier molecular flexibility index (Phi) is 3.71. The Bertz CT molecular complexity index is 717. The third-order valence-electron chi connectivity index (χ3n) is 3.57. The largest absolute Gasteiger partial charge is 0.381 e. The second-order valence-corrected chi connectivity index (χ2v) is 5.70. The van der Waals surface area contributed by atoms with Crippen LogP contribution in [0.15, 0.2) is 17.1 Å². The van der Waals surface area contributed by atoms with Crippen LogP contribution >= 0.6 is 11.6 Å². The Morgan fingerprint density at radius 1 is 1.43 bits per heavy atom. The molecule has 0 saturated heterocycles. The van der Waals surface area contributed by atoms with E-state index in [1.165, 1.54) is 4.68 Å². The summed E-state index contributed by atoms with van der Waals surface area (Å²) in [5.74, 6) is 0. The molecule has 0 bridgehead atoms. The molecule has 0 spiro atoms. The lowest BCUT2D eigenvalue weighted by atomic mass is 10.3. The van der Waals surface area contributed by atoms with Crippen molar-refractivity contribution < 1.29 is 0 Å². The minimum atomic E-state index is -0.141. The maximum absolute atomic E-state index is 12.2. The van der Waals surface area contributed by atoms with Gasteiger partial charge in [0.15, 0.2) is 0 Å². The first-order valence-electron chi connectivity index (χ1n) is 7.14. The fourth-order valence-corrected chi connectivity index (χ4v) is 2.45. The van der Waals surface area contributed by atoms with Crippen LogP contribution in [0.5, 0.6) is 0 Å². The van der Waals surface area contributed by atoms with Crippen LogP contribution in [0.25, 0.3) is 0 Å². The number of nitrogens with one attached hydrogen (secondary N) is 1. The molecule has 7 heteroatoms. The highest BCUT2D eigenvalue weighted by atomic mass is 35.5. The standard InChI is InChI=1S/C14H18ClN5O/c1-3-19-12(14(15)9(2)18-19)8-20-13(21)6-11(7-16-20)17-10-4-5-10/h6-7,10,17H,3-5,8H2,1-2H3. The van der Waals surface area contributed by atoms with E-state index in [4.69, 9.17) is 11.6 Å². The molecule has 21 heavy (non-hydrogen) atoms. The van der Waals surface area contributed by atoms with Gasteiger partial charge in [0.1, 0.15) is 0 Å². The van der Waals surface area contributed by atoms with Gasteiger partial charge in [-0.3, -0.25) is 9.48 Å². The number of hydrogen-bond acceptors (Lipinski definition) is 4. The van der Waals surface area contributed by atoms with Gasteiger partial charge in [0, 0.05) is 18.7 Å². The maximum Gasteiger partial charge on any atom is 0.269 e. The van der Waals surface area contributed by atoms with E-state index in [9.17, 15) is 4.79 Å². The Morgan fingerprint density at radius 3 is 2.81 bits per heavy atom. The molecule has 1 aliphatic rings. The van der Waals surface area contributed by atoms with Gasteiger partial charge in [-0.1, -0.05) is 11.6 Å². The van der Waals surface area contributed by atoms with E-state index in [-0.39, 0.29) is 5.56 Å². The lowest BCUT2D eigenvalue weighted by Gasteiger charge is -2.09. The number of aromatic nitrogens is 4. The van der Waals surface area contributed by atoms with Crippen molar-refractivity contribution in [2.45, 2.75) is 45.8 Å². The third kappa shape index (κ3) is 2.95. The number of aryl methyl sites for hydroxylation is 2. The maximum atomic E-state index is 12.2. The molecule has 6 nitrogen and oxygen atoms in total. The highest BCUT2D eigenvalue weighted by Crippen LogP contribution is 2.24. The molecule has 1 N–H and O–H groups in total. The molecule has 2 aromatic rings. The summed E-state index contributed by atoms with van der Waals surface area (Å²) < 4.78 is 3.22. The molecule has 0 unspecified atom stereocenters. The molecule has 1 aliphatic carbocycles. The number of hydrogen-bond donors (Lipinski definition) is 1. The SMILES string of the molecule is CCn1nc(C)c(Cl)c1Cn1ncc(NC2CC2)cc1=O. The van der Waals surface area contributed by atoms with Gasteiger partial charge in [0.05, 0.1) is 34.8 Å². The molecular formula is C14H18ClN5O. The first kappa shape index (κ1) is 14.1. The Hall–Kier alpha value is -1.82. The van der Waals surface area contributed by atoms with Gasteiger partial charge in [-0.15, -0.1) is 0 Å². The zero-order chi connectivity index (χ0) is 15.0. The fraction of sp³-hybridized carbons (Fsp3) is 0.500. The number of halogens is 1. The number of anilines is 1. The monoisotopic (exact) mass is 307 g/mol. The van der Waals surface area contributed by atoms with E-state index in [0.29, 0.717) is 24.2 Å². The molecule has 0 radical (unpaired) electrons. The average Bonchev–Trinajstić information content (AvgIpc) is 3.23. The van der Waals surface area contributed by atoms with E-state index >= 15 is 0 Å². The first-order valence-corrected chi connectivity index (χ1v) is 7.51. The highest BCUT2D eigenvalue weighted by molar-refractivity contribution is 6.31. The number of rotatable bonds is 5. The summed E-state index contributed by atoms with van der Waals surface area (Å²) in [5, 5.41) is 12.4. The normalized spacial score (nSPS) is 14.4. The van der Waals surface area contributed by atoms with Crippen molar-refractivity contribution in [2.24, 2.45) is 0 Å². The van der Waals surface area contributed by atoms with Crippen molar-refractivity contribution in [1.29, 1.82) is 0 Å².